The van der Waals surface area contributed by atoms with E-state index < -0.39 is 17.2 Å². The zero-order valence-corrected chi connectivity index (χ0v) is 32.1. The summed E-state index contributed by atoms with van der Waals surface area (Å²) in [5, 5.41) is 7.00. The molecule has 2 aromatic rings. The molecular weight excluding hydrogens is 610 g/mol. The lowest BCUT2D eigenvalue weighted by molar-refractivity contribution is 0.0218. The number of allylic oxidation sites excluding steroid dienone is 2. The number of aryl methyl sites for hydroxylation is 2. The number of aliphatic hydroxyl groups is 1. The lowest BCUT2D eigenvalue weighted by Gasteiger charge is -2.41. The topological polar surface area (TPSA) is 78.8 Å². The maximum atomic E-state index is 12.4. The molecule has 0 saturated carbocycles. The highest BCUT2D eigenvalue weighted by Gasteiger charge is 2.31. The molecule has 2 atom stereocenters. The Morgan fingerprint density at radius 2 is 1.62 bits per heavy atom. The fourth-order valence-electron chi connectivity index (χ4n) is 5.17. The number of carbonyl (C=O) groups excluding carboxylic acids is 1. The Morgan fingerprint density at radius 1 is 1.02 bits per heavy atom. The van der Waals surface area contributed by atoms with Crippen molar-refractivity contribution in [2.45, 2.75) is 139 Å². The summed E-state index contributed by atoms with van der Waals surface area (Å²) in [5.41, 5.74) is 3.47. The van der Waals surface area contributed by atoms with Gasteiger partial charge in [0.15, 0.2) is 0 Å². The van der Waals surface area contributed by atoms with Gasteiger partial charge in [0, 0.05) is 44.4 Å². The Kier molecular flexibility index (Phi) is 22.6. The van der Waals surface area contributed by atoms with Crippen LogP contribution in [0, 0.1) is 31.4 Å². The van der Waals surface area contributed by atoms with E-state index in [-0.39, 0.29) is 12.1 Å². The van der Waals surface area contributed by atoms with E-state index in [0.717, 1.165) is 49.1 Å². The summed E-state index contributed by atoms with van der Waals surface area (Å²) in [6.45, 7) is 24.7. The second kappa shape index (κ2) is 24.1. The molecule has 0 bridgehead atoms. The number of aliphatic hydroxyl groups excluding tert-OH is 1. The first-order valence-electron chi connectivity index (χ1n) is 17.7. The molecule has 0 radical (unpaired) electrons. The zero-order chi connectivity index (χ0) is 36.9. The summed E-state index contributed by atoms with van der Waals surface area (Å²) in [7, 11) is 1.00. The Balaban J connectivity index is 0.000000897. The van der Waals surface area contributed by atoms with Crippen LogP contribution in [0.15, 0.2) is 30.6 Å². The number of hydrogen-bond acceptors (Lipinski definition) is 6. The van der Waals surface area contributed by atoms with E-state index in [1.54, 1.807) is 18.2 Å². The Bertz CT molecular complexity index is 1170. The molecule has 0 spiro atoms. The number of rotatable bonds is 10. The van der Waals surface area contributed by atoms with Gasteiger partial charge in [-0.3, -0.25) is 0 Å². The van der Waals surface area contributed by atoms with Crippen LogP contribution in [0.25, 0.3) is 5.57 Å². The largest absolute Gasteiger partial charge is 0.444 e. The molecule has 7 nitrogen and oxygen atoms in total. The Hall–Kier alpha value is -3.07. The van der Waals surface area contributed by atoms with E-state index in [1.165, 1.54) is 62.7 Å². The van der Waals surface area contributed by atoms with E-state index in [9.17, 15) is 13.6 Å². The van der Waals surface area contributed by atoms with Crippen LogP contribution < -0.4 is 4.90 Å². The number of unbranched alkanes of at least 4 members (excludes halogenated alkanes) is 4. The highest BCUT2D eigenvalue weighted by Crippen LogP contribution is 2.30. The van der Waals surface area contributed by atoms with E-state index in [0.29, 0.717) is 18.7 Å². The molecular formula is C39H66F2N4O3. The minimum Gasteiger partial charge on any atom is -0.444 e. The summed E-state index contributed by atoms with van der Waals surface area (Å²) in [5.74, 6) is 0.880. The van der Waals surface area contributed by atoms with Crippen LogP contribution in [0.2, 0.25) is 0 Å². The molecule has 1 aliphatic heterocycles. The summed E-state index contributed by atoms with van der Waals surface area (Å²) in [4.78, 5) is 25.6. The molecule has 48 heavy (non-hydrogen) atoms. The number of amides is 1. The first-order valence-corrected chi connectivity index (χ1v) is 17.7. The fraction of sp³-hybridized carbons (Fsp3) is 0.667. The molecule has 1 saturated heterocycles. The standard InChI is InChI=1S/C22H36N4O2.C9H20.C7H6F2.CH4O/c1-8-9-10-11-16(2)19-18(4)23-15-24-20(19)26-13-12-25(14-17(26)3)21(27)28-22(5,6)7;1-4-6-7-8-9(3)5-2;1-5-2-6(8)4-7(9)3-5;1-2/h11,15,17H,8-10,12-14H2,1-7H3;9H,4-8H2,1-3H3;2-4H,1H3;2H,1H3/b16-11-;;;. The maximum absolute atomic E-state index is 12.4. The molecule has 2 unspecified atom stereocenters. The van der Waals surface area contributed by atoms with Gasteiger partial charge in [-0.2, -0.15) is 0 Å². The monoisotopic (exact) mass is 677 g/mol. The van der Waals surface area contributed by atoms with Crippen molar-refractivity contribution < 1.29 is 23.4 Å². The van der Waals surface area contributed by atoms with Crippen molar-refractivity contribution in [2.75, 3.05) is 31.6 Å². The van der Waals surface area contributed by atoms with Gasteiger partial charge in [0.2, 0.25) is 0 Å². The Morgan fingerprint density at radius 3 is 2.12 bits per heavy atom. The number of carbonyl (C=O) groups is 1. The van der Waals surface area contributed by atoms with Gasteiger partial charge in [-0.15, -0.1) is 0 Å². The van der Waals surface area contributed by atoms with Gasteiger partial charge in [-0.1, -0.05) is 78.7 Å². The predicted octanol–water partition coefficient (Wildman–Crippen LogP) is 10.3. The van der Waals surface area contributed by atoms with Crippen LogP contribution in [0.1, 0.15) is 131 Å². The lowest BCUT2D eigenvalue weighted by atomic mass is 10.0. The number of ether oxygens (including phenoxy) is 1. The zero-order valence-electron chi connectivity index (χ0n) is 32.1. The quantitative estimate of drug-likeness (QED) is 0.252. The number of nitrogens with zero attached hydrogens (tertiary/aromatic N) is 4. The molecule has 1 N–H and O–H groups in total. The molecule has 1 amide bonds. The molecule has 274 valence electrons. The van der Waals surface area contributed by atoms with Gasteiger partial charge >= 0.3 is 6.09 Å². The number of aromatic nitrogens is 2. The van der Waals surface area contributed by atoms with Gasteiger partial charge in [-0.05, 0) is 84.1 Å². The minimum atomic E-state index is -0.521. The van der Waals surface area contributed by atoms with Crippen LogP contribution in [-0.2, 0) is 4.74 Å². The van der Waals surface area contributed by atoms with Crippen LogP contribution in [0.4, 0.5) is 19.4 Å². The summed E-state index contributed by atoms with van der Waals surface area (Å²) in [6.07, 6.45) is 14.1. The van der Waals surface area contributed by atoms with Crippen molar-refractivity contribution in [1.82, 2.24) is 14.9 Å². The fourth-order valence-corrected chi connectivity index (χ4v) is 5.17. The van der Waals surface area contributed by atoms with Crippen molar-refractivity contribution in [2.24, 2.45) is 5.92 Å². The maximum Gasteiger partial charge on any atom is 0.410 e. The molecule has 1 fully saturated rings. The van der Waals surface area contributed by atoms with Crippen molar-refractivity contribution in [3.63, 3.8) is 0 Å². The summed E-state index contributed by atoms with van der Waals surface area (Å²) < 4.78 is 29.9. The smallest absolute Gasteiger partial charge is 0.410 e. The molecule has 3 rings (SSSR count). The molecule has 0 aliphatic carbocycles. The van der Waals surface area contributed by atoms with Crippen LogP contribution in [0.5, 0.6) is 0 Å². The van der Waals surface area contributed by atoms with Crippen molar-refractivity contribution in [3.05, 3.63) is 59.1 Å². The van der Waals surface area contributed by atoms with E-state index >= 15 is 0 Å². The van der Waals surface area contributed by atoms with E-state index in [4.69, 9.17) is 9.84 Å². The first kappa shape index (κ1) is 44.9. The van der Waals surface area contributed by atoms with E-state index in [1.807, 2.05) is 27.7 Å². The molecule has 1 aromatic heterocycles. The van der Waals surface area contributed by atoms with Crippen molar-refractivity contribution in [1.29, 1.82) is 0 Å². The third-order valence-electron chi connectivity index (χ3n) is 7.97. The molecule has 9 heteroatoms. The first-order chi connectivity index (χ1) is 22.6. The number of hydrogen-bond donors (Lipinski definition) is 1. The van der Waals surface area contributed by atoms with Crippen LogP contribution in [0.3, 0.4) is 0 Å². The van der Waals surface area contributed by atoms with Gasteiger partial charge in [0.05, 0.1) is 5.69 Å². The van der Waals surface area contributed by atoms with Gasteiger partial charge in [0.1, 0.15) is 29.4 Å². The van der Waals surface area contributed by atoms with Crippen LogP contribution >= 0.6 is 0 Å². The van der Waals surface area contributed by atoms with Gasteiger partial charge in [-0.25, -0.2) is 23.5 Å². The molecule has 1 aromatic carbocycles. The second-order valence-corrected chi connectivity index (χ2v) is 13.6. The van der Waals surface area contributed by atoms with Crippen molar-refractivity contribution in [3.8, 4) is 0 Å². The third-order valence-corrected chi connectivity index (χ3v) is 7.97. The third kappa shape index (κ3) is 17.9. The highest BCUT2D eigenvalue weighted by molar-refractivity contribution is 5.75. The van der Waals surface area contributed by atoms with Gasteiger partial charge in [0.25, 0.3) is 0 Å². The predicted molar refractivity (Wildman–Crippen MR) is 197 cm³/mol. The summed E-state index contributed by atoms with van der Waals surface area (Å²) >= 11 is 0. The van der Waals surface area contributed by atoms with E-state index in [2.05, 4.69) is 62.5 Å². The average molecular weight is 677 g/mol. The number of halogens is 2. The summed E-state index contributed by atoms with van der Waals surface area (Å²) in [6, 6.07) is 3.57. The van der Waals surface area contributed by atoms with Crippen LogP contribution in [-0.4, -0.2) is 64.5 Å². The average Bonchev–Trinajstić information content (AvgIpc) is 3.01. The molecule has 1 aliphatic rings. The normalized spacial score (nSPS) is 15.2. The number of benzene rings is 1. The molecule has 2 heterocycles. The minimum absolute atomic E-state index is 0.151. The number of anilines is 1. The SMILES string of the molecule is CCCC/C=C(/C)c1c(C)ncnc1N1CCN(C(=O)OC(C)(C)C)CC1C.CCCCCC(C)CC.CO.Cc1cc(F)cc(F)c1. The van der Waals surface area contributed by atoms with Gasteiger partial charge < -0.3 is 19.6 Å². The number of piperazine rings is 1. The Labute approximate surface area is 291 Å². The highest BCUT2D eigenvalue weighted by atomic mass is 19.1. The lowest BCUT2D eigenvalue weighted by Crippen LogP contribution is -2.55. The van der Waals surface area contributed by atoms with Crippen molar-refractivity contribution >= 4 is 17.5 Å². The second-order valence-electron chi connectivity index (χ2n) is 13.6.